The van der Waals surface area contributed by atoms with Crippen LogP contribution in [0, 0.1) is 0 Å². The molecular formula is C19H21N7O. The maximum atomic E-state index is 12.5. The van der Waals surface area contributed by atoms with E-state index < -0.39 is 0 Å². The highest BCUT2D eigenvalue weighted by Gasteiger charge is 2.22. The summed E-state index contributed by atoms with van der Waals surface area (Å²) in [6, 6.07) is 11.2. The van der Waals surface area contributed by atoms with E-state index in [4.69, 9.17) is 0 Å². The van der Waals surface area contributed by atoms with Crippen LogP contribution in [0.25, 0.3) is 5.69 Å². The van der Waals surface area contributed by atoms with Gasteiger partial charge >= 0.3 is 6.03 Å². The summed E-state index contributed by atoms with van der Waals surface area (Å²) >= 11 is 0. The van der Waals surface area contributed by atoms with Crippen LogP contribution in [0.5, 0.6) is 0 Å². The van der Waals surface area contributed by atoms with Gasteiger partial charge in [-0.2, -0.15) is 5.10 Å². The van der Waals surface area contributed by atoms with Crippen molar-refractivity contribution in [3.8, 4) is 5.69 Å². The van der Waals surface area contributed by atoms with Crippen LogP contribution in [0.15, 0.2) is 61.2 Å². The molecule has 1 saturated heterocycles. The quantitative estimate of drug-likeness (QED) is 0.743. The number of hydrogen-bond acceptors (Lipinski definition) is 5. The number of benzene rings is 1. The summed E-state index contributed by atoms with van der Waals surface area (Å²) in [5.74, 6) is 0.744. The summed E-state index contributed by atoms with van der Waals surface area (Å²) in [6.45, 7) is 1.64. The van der Waals surface area contributed by atoms with Crippen molar-refractivity contribution in [1.82, 2.24) is 25.1 Å². The molecule has 3 aromatic rings. The largest absolute Gasteiger partial charge is 0.341 e. The molecule has 0 spiro atoms. The first-order valence-electron chi connectivity index (χ1n) is 8.98. The third kappa shape index (κ3) is 4.05. The number of amides is 2. The van der Waals surface area contributed by atoms with E-state index in [1.54, 1.807) is 23.3 Å². The Morgan fingerprint density at radius 3 is 2.52 bits per heavy atom. The number of hydrogen-bond donors (Lipinski definition) is 2. The smallest absolute Gasteiger partial charge is 0.319 e. The lowest BCUT2D eigenvalue weighted by Gasteiger charge is -2.32. The first-order valence-corrected chi connectivity index (χ1v) is 8.98. The van der Waals surface area contributed by atoms with Gasteiger partial charge in [0, 0.05) is 43.9 Å². The second-order valence-corrected chi connectivity index (χ2v) is 6.38. The number of nitrogens with one attached hydrogen (secondary N) is 2. The van der Waals surface area contributed by atoms with Gasteiger partial charge in [-0.3, -0.25) is 0 Å². The standard InChI is InChI=1S/C19H21N7O/c27-19(24-16-5-1-2-6-17(16)26-12-4-11-22-26)23-15-7-13-25(14-8-15)18-20-9-3-10-21-18/h1-6,9-12,15H,7-8,13-14H2,(H2,23,24,27). The van der Waals surface area contributed by atoms with Gasteiger partial charge in [0.1, 0.15) is 0 Å². The summed E-state index contributed by atoms with van der Waals surface area (Å²) in [5, 5.41) is 10.2. The normalized spacial score (nSPS) is 14.7. The highest BCUT2D eigenvalue weighted by molar-refractivity contribution is 5.91. The number of aromatic nitrogens is 4. The lowest BCUT2D eigenvalue weighted by molar-refractivity contribution is 0.246. The fourth-order valence-electron chi connectivity index (χ4n) is 3.21. The molecular weight excluding hydrogens is 342 g/mol. The molecule has 2 N–H and O–H groups in total. The third-order valence-corrected chi connectivity index (χ3v) is 4.57. The molecule has 0 aliphatic carbocycles. The van der Waals surface area contributed by atoms with Crippen molar-refractivity contribution in [1.29, 1.82) is 0 Å². The Kier molecular flexibility index (Phi) is 4.95. The van der Waals surface area contributed by atoms with E-state index in [0.717, 1.165) is 37.6 Å². The van der Waals surface area contributed by atoms with E-state index in [-0.39, 0.29) is 12.1 Å². The highest BCUT2D eigenvalue weighted by atomic mass is 16.2. The van der Waals surface area contributed by atoms with E-state index in [9.17, 15) is 4.79 Å². The van der Waals surface area contributed by atoms with Crippen molar-refractivity contribution in [2.24, 2.45) is 0 Å². The SMILES string of the molecule is O=C(Nc1ccccc1-n1cccn1)NC1CCN(c2ncccn2)CC1. The van der Waals surface area contributed by atoms with E-state index in [2.05, 4.69) is 30.6 Å². The average molecular weight is 363 g/mol. The fourth-order valence-corrected chi connectivity index (χ4v) is 3.21. The Labute approximate surface area is 157 Å². The molecule has 1 fully saturated rings. The molecule has 0 unspecified atom stereocenters. The minimum absolute atomic E-state index is 0.127. The van der Waals surface area contributed by atoms with Crippen LogP contribution in [0.3, 0.4) is 0 Å². The van der Waals surface area contributed by atoms with Gasteiger partial charge in [0.2, 0.25) is 5.95 Å². The Morgan fingerprint density at radius 2 is 1.78 bits per heavy atom. The number of urea groups is 1. The number of carbonyl (C=O) groups is 1. The van der Waals surface area contributed by atoms with Gasteiger partial charge in [-0.25, -0.2) is 19.4 Å². The van der Waals surface area contributed by atoms with Crippen molar-refractivity contribution in [2.75, 3.05) is 23.3 Å². The van der Waals surface area contributed by atoms with Gasteiger partial charge in [-0.05, 0) is 37.1 Å². The first kappa shape index (κ1) is 17.0. The molecule has 8 nitrogen and oxygen atoms in total. The average Bonchev–Trinajstić information content (AvgIpc) is 3.24. The molecule has 1 aliphatic rings. The summed E-state index contributed by atoms with van der Waals surface area (Å²) in [5.41, 5.74) is 1.54. The van der Waals surface area contributed by atoms with Crippen LogP contribution in [0.1, 0.15) is 12.8 Å². The van der Waals surface area contributed by atoms with Crippen LogP contribution in [-0.2, 0) is 0 Å². The number of carbonyl (C=O) groups excluding carboxylic acids is 1. The lowest BCUT2D eigenvalue weighted by atomic mass is 10.1. The van der Waals surface area contributed by atoms with Gasteiger partial charge in [0.05, 0.1) is 11.4 Å². The van der Waals surface area contributed by atoms with E-state index in [1.165, 1.54) is 0 Å². The molecule has 2 aromatic heterocycles. The molecule has 8 heteroatoms. The third-order valence-electron chi connectivity index (χ3n) is 4.57. The molecule has 0 atom stereocenters. The van der Waals surface area contributed by atoms with Gasteiger partial charge in [0.25, 0.3) is 0 Å². The Balaban J connectivity index is 1.33. The molecule has 1 aliphatic heterocycles. The molecule has 138 valence electrons. The Morgan fingerprint density at radius 1 is 1.00 bits per heavy atom. The van der Waals surface area contributed by atoms with Crippen LogP contribution < -0.4 is 15.5 Å². The molecule has 0 bridgehead atoms. The van der Waals surface area contributed by atoms with Crippen molar-refractivity contribution in [3.05, 3.63) is 61.2 Å². The zero-order valence-electron chi connectivity index (χ0n) is 14.8. The second kappa shape index (κ2) is 7.86. The summed E-state index contributed by atoms with van der Waals surface area (Å²) in [7, 11) is 0. The maximum absolute atomic E-state index is 12.5. The molecule has 4 rings (SSSR count). The van der Waals surface area contributed by atoms with Crippen LogP contribution in [-0.4, -0.2) is 44.9 Å². The second-order valence-electron chi connectivity index (χ2n) is 6.38. The fraction of sp³-hybridized carbons (Fsp3) is 0.263. The van der Waals surface area contributed by atoms with Gasteiger partial charge in [-0.1, -0.05) is 12.1 Å². The lowest BCUT2D eigenvalue weighted by Crippen LogP contribution is -2.46. The molecule has 2 amide bonds. The van der Waals surface area contributed by atoms with Gasteiger partial charge in [0.15, 0.2) is 0 Å². The van der Waals surface area contributed by atoms with E-state index in [1.807, 2.05) is 42.6 Å². The number of anilines is 2. The molecule has 0 radical (unpaired) electrons. The number of piperidine rings is 1. The van der Waals surface area contributed by atoms with E-state index >= 15 is 0 Å². The van der Waals surface area contributed by atoms with Crippen LogP contribution >= 0.6 is 0 Å². The summed E-state index contributed by atoms with van der Waals surface area (Å²) in [6.07, 6.45) is 8.76. The van der Waals surface area contributed by atoms with Crippen molar-refractivity contribution < 1.29 is 4.79 Å². The highest BCUT2D eigenvalue weighted by Crippen LogP contribution is 2.19. The molecule has 1 aromatic carbocycles. The van der Waals surface area contributed by atoms with Crippen molar-refractivity contribution in [3.63, 3.8) is 0 Å². The molecule has 3 heterocycles. The van der Waals surface area contributed by atoms with Gasteiger partial charge < -0.3 is 15.5 Å². The number of rotatable bonds is 4. The number of para-hydroxylation sites is 2. The minimum atomic E-state index is -0.205. The minimum Gasteiger partial charge on any atom is -0.341 e. The molecule has 0 saturated carbocycles. The monoisotopic (exact) mass is 363 g/mol. The van der Waals surface area contributed by atoms with E-state index in [0.29, 0.717) is 5.69 Å². The topological polar surface area (TPSA) is 88.0 Å². The Bertz CT molecular complexity index is 874. The van der Waals surface area contributed by atoms with Crippen molar-refractivity contribution in [2.45, 2.75) is 18.9 Å². The summed E-state index contributed by atoms with van der Waals surface area (Å²) in [4.78, 5) is 23.2. The Hall–Kier alpha value is -3.42. The first-order chi connectivity index (χ1) is 13.3. The molecule has 27 heavy (non-hydrogen) atoms. The maximum Gasteiger partial charge on any atom is 0.319 e. The van der Waals surface area contributed by atoms with Gasteiger partial charge in [-0.15, -0.1) is 0 Å². The zero-order chi connectivity index (χ0) is 18.5. The zero-order valence-corrected chi connectivity index (χ0v) is 14.8. The predicted molar refractivity (Wildman–Crippen MR) is 103 cm³/mol. The van der Waals surface area contributed by atoms with Crippen molar-refractivity contribution >= 4 is 17.7 Å². The van der Waals surface area contributed by atoms with Crippen LogP contribution in [0.2, 0.25) is 0 Å². The number of nitrogens with zero attached hydrogens (tertiary/aromatic N) is 5. The summed E-state index contributed by atoms with van der Waals surface area (Å²) < 4.78 is 1.73. The predicted octanol–water partition coefficient (Wildman–Crippen LogP) is 2.45. The van der Waals surface area contributed by atoms with Crippen LogP contribution in [0.4, 0.5) is 16.4 Å².